The molecule has 0 unspecified atom stereocenters. The maximum absolute atomic E-state index is 12.1. The summed E-state index contributed by atoms with van der Waals surface area (Å²) in [6, 6.07) is 3.74. The van der Waals surface area contributed by atoms with E-state index in [-0.39, 0.29) is 11.8 Å². The maximum atomic E-state index is 12.1. The lowest BCUT2D eigenvalue weighted by atomic mass is 10.0. The Morgan fingerprint density at radius 3 is 2.83 bits per heavy atom. The third kappa shape index (κ3) is 3.39. The van der Waals surface area contributed by atoms with Crippen molar-refractivity contribution < 1.29 is 9.32 Å². The van der Waals surface area contributed by atoms with Crippen LogP contribution in [0.4, 0.5) is 0 Å². The molecule has 122 valence electrons. The van der Waals surface area contributed by atoms with Gasteiger partial charge in [-0.3, -0.25) is 14.7 Å². The number of carbonyl (C=O) groups is 1. The van der Waals surface area contributed by atoms with Gasteiger partial charge in [0.25, 0.3) is 0 Å². The summed E-state index contributed by atoms with van der Waals surface area (Å²) in [6.45, 7) is 7.53. The zero-order chi connectivity index (χ0) is 16.2. The lowest BCUT2D eigenvalue weighted by Gasteiger charge is -2.37. The number of rotatable bonds is 6. The standard InChI is InChI=1S/C16H21N5O2/c1-3-21(4-2)14(22)11-20-9-13(10-20)16-18-15(19-23-16)12-6-5-7-17-8-12/h5-8,13H,3-4,9-11H2,1-2H3. The van der Waals surface area contributed by atoms with Crippen LogP contribution in [0, 0.1) is 0 Å². The smallest absolute Gasteiger partial charge is 0.236 e. The maximum Gasteiger partial charge on any atom is 0.236 e. The summed E-state index contributed by atoms with van der Waals surface area (Å²) in [6.07, 6.45) is 3.42. The predicted molar refractivity (Wildman–Crippen MR) is 84.6 cm³/mol. The lowest BCUT2D eigenvalue weighted by Crippen LogP contribution is -2.50. The molecule has 0 atom stereocenters. The van der Waals surface area contributed by atoms with Crippen LogP contribution in [0.3, 0.4) is 0 Å². The predicted octanol–water partition coefficient (Wildman–Crippen LogP) is 1.40. The summed E-state index contributed by atoms with van der Waals surface area (Å²) in [5.74, 6) is 1.58. The molecule has 1 fully saturated rings. The van der Waals surface area contributed by atoms with Gasteiger partial charge in [0.05, 0.1) is 12.5 Å². The Bertz CT molecular complexity index is 648. The summed E-state index contributed by atoms with van der Waals surface area (Å²) < 4.78 is 5.36. The fourth-order valence-corrected chi connectivity index (χ4v) is 2.74. The van der Waals surface area contributed by atoms with E-state index in [0.29, 0.717) is 18.3 Å². The summed E-state index contributed by atoms with van der Waals surface area (Å²) in [4.78, 5) is 24.5. The molecule has 0 aliphatic carbocycles. The molecule has 1 aliphatic heterocycles. The topological polar surface area (TPSA) is 75.4 Å². The molecule has 1 amide bonds. The molecule has 7 heteroatoms. The van der Waals surface area contributed by atoms with E-state index < -0.39 is 0 Å². The van der Waals surface area contributed by atoms with Crippen molar-refractivity contribution in [3.8, 4) is 11.4 Å². The Hall–Kier alpha value is -2.28. The normalized spacial score (nSPS) is 15.4. The summed E-state index contributed by atoms with van der Waals surface area (Å²) in [5.41, 5.74) is 0.843. The van der Waals surface area contributed by atoms with Gasteiger partial charge < -0.3 is 9.42 Å². The first-order valence-electron chi connectivity index (χ1n) is 7.95. The molecule has 7 nitrogen and oxygen atoms in total. The largest absolute Gasteiger partial charge is 0.342 e. The number of likely N-dealkylation sites (tertiary alicyclic amines) is 1. The van der Waals surface area contributed by atoms with E-state index in [1.807, 2.05) is 30.9 Å². The van der Waals surface area contributed by atoms with Gasteiger partial charge in [-0.15, -0.1) is 0 Å². The quantitative estimate of drug-likeness (QED) is 0.802. The second-order valence-electron chi connectivity index (χ2n) is 5.65. The molecule has 0 aromatic carbocycles. The number of hydrogen-bond donors (Lipinski definition) is 0. The second-order valence-corrected chi connectivity index (χ2v) is 5.65. The van der Waals surface area contributed by atoms with Gasteiger partial charge in [-0.25, -0.2) is 0 Å². The van der Waals surface area contributed by atoms with Crippen LogP contribution in [-0.2, 0) is 4.79 Å². The first kappa shape index (κ1) is 15.6. The highest BCUT2D eigenvalue weighted by Gasteiger charge is 2.34. The Morgan fingerprint density at radius 2 is 2.17 bits per heavy atom. The van der Waals surface area contributed by atoms with E-state index in [1.54, 1.807) is 12.4 Å². The molecule has 0 spiro atoms. The molecular weight excluding hydrogens is 294 g/mol. The van der Waals surface area contributed by atoms with Crippen molar-refractivity contribution in [3.63, 3.8) is 0 Å². The molecule has 2 aromatic rings. The Labute approximate surface area is 135 Å². The van der Waals surface area contributed by atoms with E-state index in [9.17, 15) is 4.79 Å². The summed E-state index contributed by atoms with van der Waals surface area (Å²) in [5, 5.41) is 4.01. The molecule has 0 saturated carbocycles. The lowest BCUT2D eigenvalue weighted by molar-refractivity contribution is -0.133. The number of aromatic nitrogens is 3. The van der Waals surface area contributed by atoms with Crippen LogP contribution >= 0.6 is 0 Å². The number of amides is 1. The van der Waals surface area contributed by atoms with E-state index in [0.717, 1.165) is 31.7 Å². The number of pyridine rings is 1. The van der Waals surface area contributed by atoms with Gasteiger partial charge in [0, 0.05) is 44.1 Å². The average Bonchev–Trinajstić information content (AvgIpc) is 3.02. The van der Waals surface area contributed by atoms with Crippen LogP contribution in [0.2, 0.25) is 0 Å². The first-order chi connectivity index (χ1) is 11.2. The Balaban J connectivity index is 1.54. The van der Waals surface area contributed by atoms with Crippen LogP contribution in [0.15, 0.2) is 29.0 Å². The van der Waals surface area contributed by atoms with E-state index >= 15 is 0 Å². The summed E-state index contributed by atoms with van der Waals surface area (Å²) >= 11 is 0. The first-order valence-corrected chi connectivity index (χ1v) is 7.95. The third-order valence-electron chi connectivity index (χ3n) is 4.14. The van der Waals surface area contributed by atoms with Gasteiger partial charge in [-0.1, -0.05) is 5.16 Å². The summed E-state index contributed by atoms with van der Waals surface area (Å²) in [7, 11) is 0. The van der Waals surface area contributed by atoms with Gasteiger partial charge in [0.15, 0.2) is 0 Å². The highest BCUT2D eigenvalue weighted by Crippen LogP contribution is 2.27. The molecule has 0 bridgehead atoms. The number of likely N-dealkylation sites (N-methyl/N-ethyl adjacent to an activating group) is 1. The van der Waals surface area contributed by atoms with Crippen LogP contribution in [0.25, 0.3) is 11.4 Å². The highest BCUT2D eigenvalue weighted by molar-refractivity contribution is 5.78. The van der Waals surface area contributed by atoms with Crippen LogP contribution < -0.4 is 0 Å². The molecule has 0 N–H and O–H groups in total. The van der Waals surface area contributed by atoms with Gasteiger partial charge in [0.2, 0.25) is 17.6 Å². The van der Waals surface area contributed by atoms with Crippen LogP contribution in [0.1, 0.15) is 25.7 Å². The number of carbonyl (C=O) groups excluding carboxylic acids is 1. The van der Waals surface area contributed by atoms with Crippen molar-refractivity contribution in [2.45, 2.75) is 19.8 Å². The fraction of sp³-hybridized carbons (Fsp3) is 0.500. The molecule has 0 radical (unpaired) electrons. The minimum atomic E-state index is 0.176. The van der Waals surface area contributed by atoms with Crippen molar-refractivity contribution in [1.29, 1.82) is 0 Å². The van der Waals surface area contributed by atoms with E-state index in [1.165, 1.54) is 0 Å². The molecule has 3 rings (SSSR count). The second kappa shape index (κ2) is 6.87. The minimum absolute atomic E-state index is 0.176. The Kier molecular flexibility index (Phi) is 4.66. The SMILES string of the molecule is CCN(CC)C(=O)CN1CC(c2nc(-c3cccnc3)no2)C1. The van der Waals surface area contributed by atoms with Gasteiger partial charge >= 0.3 is 0 Å². The average molecular weight is 315 g/mol. The van der Waals surface area contributed by atoms with Crippen molar-refractivity contribution >= 4 is 5.91 Å². The molecule has 23 heavy (non-hydrogen) atoms. The van der Waals surface area contributed by atoms with Crippen molar-refractivity contribution in [1.82, 2.24) is 24.9 Å². The molecule has 2 aromatic heterocycles. The zero-order valence-electron chi connectivity index (χ0n) is 13.5. The van der Waals surface area contributed by atoms with Crippen molar-refractivity contribution in [2.24, 2.45) is 0 Å². The molecule has 1 saturated heterocycles. The van der Waals surface area contributed by atoms with E-state index in [4.69, 9.17) is 4.52 Å². The van der Waals surface area contributed by atoms with Gasteiger partial charge in [0.1, 0.15) is 0 Å². The zero-order valence-corrected chi connectivity index (χ0v) is 13.5. The highest BCUT2D eigenvalue weighted by atomic mass is 16.5. The number of nitrogens with zero attached hydrogens (tertiary/aromatic N) is 5. The van der Waals surface area contributed by atoms with Crippen LogP contribution in [-0.4, -0.2) is 63.6 Å². The Morgan fingerprint density at radius 1 is 1.39 bits per heavy atom. The van der Waals surface area contributed by atoms with Gasteiger partial charge in [-0.05, 0) is 26.0 Å². The monoisotopic (exact) mass is 315 g/mol. The van der Waals surface area contributed by atoms with Crippen LogP contribution in [0.5, 0.6) is 0 Å². The molecular formula is C16H21N5O2. The molecule has 1 aliphatic rings. The fourth-order valence-electron chi connectivity index (χ4n) is 2.74. The van der Waals surface area contributed by atoms with Crippen molar-refractivity contribution in [3.05, 3.63) is 30.4 Å². The van der Waals surface area contributed by atoms with E-state index in [2.05, 4.69) is 20.0 Å². The minimum Gasteiger partial charge on any atom is -0.342 e. The third-order valence-corrected chi connectivity index (χ3v) is 4.14. The van der Waals surface area contributed by atoms with Gasteiger partial charge in [-0.2, -0.15) is 4.98 Å². The number of hydrogen-bond acceptors (Lipinski definition) is 6. The van der Waals surface area contributed by atoms with Crippen molar-refractivity contribution in [2.75, 3.05) is 32.7 Å². The molecule has 3 heterocycles.